The standard InChI is InChI=1S/C38H47Cl2N2O3P/c1-23-10-14-29(19-32(23)45-6)41-34(43)22-38(5)20-27(16-24-8-7-9-28(39)17-24)35(26-13-15-30(40)33(46)18-26)42(36(38)44)31(25-11-12-25)21-37(2,3)4/h7-10,13-15,17-19,25,27,31,35H,11-12,16,20-22,46H2,1-6H3,(H,41,43)/t27-,31+,35?,38+/m0/s1. The zero-order valence-corrected chi connectivity index (χ0v) is 30.5. The molecule has 2 amide bonds. The van der Waals surface area contributed by atoms with Crippen molar-refractivity contribution in [1.29, 1.82) is 0 Å². The Morgan fingerprint density at radius 1 is 1.11 bits per heavy atom. The van der Waals surface area contributed by atoms with E-state index in [0.29, 0.717) is 33.8 Å². The predicted octanol–water partition coefficient (Wildman–Crippen LogP) is 9.19. The number of likely N-dealkylation sites (tertiary alicyclic amines) is 1. The van der Waals surface area contributed by atoms with Crippen molar-refractivity contribution in [2.45, 2.75) is 85.2 Å². The molecule has 3 aromatic rings. The molecule has 246 valence electrons. The van der Waals surface area contributed by atoms with Crippen LogP contribution >= 0.6 is 32.4 Å². The van der Waals surface area contributed by atoms with E-state index in [2.05, 4.69) is 58.4 Å². The normalized spacial score (nSPS) is 22.5. The Kier molecular flexibility index (Phi) is 10.5. The molecular weight excluding hydrogens is 634 g/mol. The first-order valence-corrected chi connectivity index (χ1v) is 17.6. The maximum Gasteiger partial charge on any atom is 0.229 e. The van der Waals surface area contributed by atoms with Crippen molar-refractivity contribution in [3.63, 3.8) is 0 Å². The maximum atomic E-state index is 15.1. The molecule has 8 heteroatoms. The van der Waals surface area contributed by atoms with Gasteiger partial charge in [0, 0.05) is 34.3 Å². The summed E-state index contributed by atoms with van der Waals surface area (Å²) in [5.41, 5.74) is 2.95. The summed E-state index contributed by atoms with van der Waals surface area (Å²) < 4.78 is 5.48. The van der Waals surface area contributed by atoms with Crippen molar-refractivity contribution >= 4 is 55.2 Å². The van der Waals surface area contributed by atoms with Crippen LogP contribution in [0.1, 0.15) is 82.5 Å². The molecule has 1 aliphatic carbocycles. The van der Waals surface area contributed by atoms with Crippen molar-refractivity contribution < 1.29 is 14.3 Å². The van der Waals surface area contributed by atoms with E-state index >= 15 is 4.79 Å². The molecule has 5 atom stereocenters. The minimum Gasteiger partial charge on any atom is -0.496 e. The van der Waals surface area contributed by atoms with Gasteiger partial charge in [0.15, 0.2) is 0 Å². The summed E-state index contributed by atoms with van der Waals surface area (Å²) in [6.07, 6.45) is 4.47. The first kappa shape index (κ1) is 34.7. The number of rotatable bonds is 10. The van der Waals surface area contributed by atoms with Gasteiger partial charge in [-0.1, -0.05) is 75.2 Å². The Balaban J connectivity index is 1.58. The molecule has 2 aliphatic rings. The molecule has 0 radical (unpaired) electrons. The highest BCUT2D eigenvalue weighted by molar-refractivity contribution is 7.28. The topological polar surface area (TPSA) is 58.6 Å². The van der Waals surface area contributed by atoms with Gasteiger partial charge in [-0.15, -0.1) is 9.24 Å². The summed E-state index contributed by atoms with van der Waals surface area (Å²) >= 11 is 13.0. The van der Waals surface area contributed by atoms with Crippen molar-refractivity contribution in [3.05, 3.63) is 87.4 Å². The summed E-state index contributed by atoms with van der Waals surface area (Å²) in [6, 6.07) is 19.6. The van der Waals surface area contributed by atoms with E-state index in [1.807, 2.05) is 56.3 Å². The fourth-order valence-electron chi connectivity index (χ4n) is 7.33. The number of carbonyl (C=O) groups is 2. The minimum absolute atomic E-state index is 0.0159. The fourth-order valence-corrected chi connectivity index (χ4v) is 7.95. The fraction of sp³-hybridized carbons (Fsp3) is 0.474. The quantitative estimate of drug-likeness (QED) is 0.217. The number of ether oxygens (including phenoxy) is 1. The molecule has 5 rings (SSSR count). The highest BCUT2D eigenvalue weighted by Gasteiger charge is 2.54. The number of aryl methyl sites for hydroxylation is 1. The van der Waals surface area contributed by atoms with Crippen molar-refractivity contribution in [2.75, 3.05) is 12.4 Å². The van der Waals surface area contributed by atoms with Gasteiger partial charge in [0.25, 0.3) is 0 Å². The first-order chi connectivity index (χ1) is 21.7. The Labute approximate surface area is 287 Å². The van der Waals surface area contributed by atoms with Crippen LogP contribution in [0.25, 0.3) is 0 Å². The predicted molar refractivity (Wildman–Crippen MR) is 193 cm³/mol. The molecule has 5 nitrogen and oxygen atoms in total. The summed E-state index contributed by atoms with van der Waals surface area (Å²) in [5.74, 6) is 1.06. The van der Waals surface area contributed by atoms with Crippen LogP contribution in [0, 0.1) is 29.6 Å². The summed E-state index contributed by atoms with van der Waals surface area (Å²) in [4.78, 5) is 31.1. The average molecular weight is 682 g/mol. The lowest BCUT2D eigenvalue weighted by Crippen LogP contribution is -2.58. The van der Waals surface area contributed by atoms with Crippen LogP contribution in [0.2, 0.25) is 10.0 Å². The molecule has 1 N–H and O–H groups in total. The van der Waals surface area contributed by atoms with E-state index in [9.17, 15) is 4.79 Å². The molecule has 0 aromatic heterocycles. The van der Waals surface area contributed by atoms with E-state index in [4.69, 9.17) is 27.9 Å². The molecule has 46 heavy (non-hydrogen) atoms. The molecule has 1 aliphatic heterocycles. The molecular formula is C38H47Cl2N2O3P. The molecule has 1 saturated heterocycles. The van der Waals surface area contributed by atoms with Gasteiger partial charge < -0.3 is 15.0 Å². The lowest BCUT2D eigenvalue weighted by molar-refractivity contribution is -0.161. The van der Waals surface area contributed by atoms with Crippen LogP contribution in [0.3, 0.4) is 0 Å². The van der Waals surface area contributed by atoms with Crippen LogP contribution in [-0.2, 0) is 16.0 Å². The number of amides is 2. The number of hydrogen-bond donors (Lipinski definition) is 1. The number of nitrogens with zero attached hydrogens (tertiary/aromatic N) is 1. The third-order valence-corrected chi connectivity index (χ3v) is 10.8. The molecule has 2 fully saturated rings. The Morgan fingerprint density at radius 3 is 2.48 bits per heavy atom. The zero-order chi connectivity index (χ0) is 33.4. The Bertz CT molecular complexity index is 1600. The third-order valence-electron chi connectivity index (χ3n) is 9.55. The van der Waals surface area contributed by atoms with Crippen molar-refractivity contribution in [3.8, 4) is 5.75 Å². The molecule has 0 bridgehead atoms. The second-order valence-corrected chi connectivity index (χ2v) is 16.3. The molecule has 0 spiro atoms. The van der Waals surface area contributed by atoms with Gasteiger partial charge in [-0.05, 0) is 109 Å². The monoisotopic (exact) mass is 680 g/mol. The molecule has 1 saturated carbocycles. The lowest BCUT2D eigenvalue weighted by atomic mass is 9.66. The van der Waals surface area contributed by atoms with E-state index in [1.165, 1.54) is 0 Å². The number of hydrogen-bond acceptors (Lipinski definition) is 3. The highest BCUT2D eigenvalue weighted by atomic mass is 35.5. The second-order valence-electron chi connectivity index (χ2n) is 14.9. The third kappa shape index (κ3) is 8.09. The number of methoxy groups -OCH3 is 1. The summed E-state index contributed by atoms with van der Waals surface area (Å²) in [7, 11) is 4.37. The molecule has 2 unspecified atom stereocenters. The van der Waals surface area contributed by atoms with Gasteiger partial charge in [-0.25, -0.2) is 0 Å². The van der Waals surface area contributed by atoms with Crippen molar-refractivity contribution in [1.82, 2.24) is 4.90 Å². The van der Waals surface area contributed by atoms with Gasteiger partial charge in [-0.3, -0.25) is 9.59 Å². The molecule has 1 heterocycles. The average Bonchev–Trinajstić information content (AvgIpc) is 3.81. The summed E-state index contributed by atoms with van der Waals surface area (Å²) in [6.45, 7) is 10.7. The lowest BCUT2D eigenvalue weighted by Gasteiger charge is -2.53. The number of nitrogens with one attached hydrogen (secondary N) is 1. The SMILES string of the molecule is COc1cc(NC(=O)C[C@@]2(C)C[C@H](Cc3cccc(Cl)c3)C(c3ccc(Cl)c(P)c3)N([C@H](CC(C)(C)C)C3CC3)C2=O)ccc1C. The smallest absolute Gasteiger partial charge is 0.229 e. The van der Waals surface area contributed by atoms with Crippen molar-refractivity contribution in [2.24, 2.45) is 22.7 Å². The number of halogens is 2. The number of carbonyl (C=O) groups excluding carboxylic acids is 2. The summed E-state index contributed by atoms with van der Waals surface area (Å²) in [5, 5.41) is 5.34. The number of benzene rings is 3. The van der Waals surface area contributed by atoms with Gasteiger partial charge in [0.05, 0.1) is 18.6 Å². The minimum atomic E-state index is -0.903. The van der Waals surface area contributed by atoms with Gasteiger partial charge in [-0.2, -0.15) is 0 Å². The van der Waals surface area contributed by atoms with Crippen LogP contribution in [0.4, 0.5) is 5.69 Å². The Hall–Kier alpha value is -2.59. The van der Waals surface area contributed by atoms with Crippen LogP contribution < -0.4 is 15.4 Å². The van der Waals surface area contributed by atoms with Crippen LogP contribution in [-0.4, -0.2) is 29.9 Å². The van der Waals surface area contributed by atoms with Crippen LogP contribution in [0.5, 0.6) is 5.75 Å². The van der Waals surface area contributed by atoms with Gasteiger partial charge in [0.1, 0.15) is 5.75 Å². The zero-order valence-electron chi connectivity index (χ0n) is 27.8. The second kappa shape index (κ2) is 13.9. The number of anilines is 1. The Morgan fingerprint density at radius 2 is 1.85 bits per heavy atom. The van der Waals surface area contributed by atoms with Crippen LogP contribution in [0.15, 0.2) is 60.7 Å². The van der Waals surface area contributed by atoms with E-state index in [-0.39, 0.29) is 41.7 Å². The molecule has 3 aromatic carbocycles. The van der Waals surface area contributed by atoms with E-state index in [0.717, 1.165) is 47.7 Å². The maximum absolute atomic E-state index is 15.1. The number of piperidine rings is 1. The van der Waals surface area contributed by atoms with Gasteiger partial charge in [0.2, 0.25) is 11.8 Å². The first-order valence-electron chi connectivity index (χ1n) is 16.2. The van der Waals surface area contributed by atoms with E-state index < -0.39 is 5.41 Å². The van der Waals surface area contributed by atoms with E-state index in [1.54, 1.807) is 7.11 Å². The van der Waals surface area contributed by atoms with Gasteiger partial charge >= 0.3 is 0 Å². The highest BCUT2D eigenvalue weighted by Crippen LogP contribution is 2.53. The largest absolute Gasteiger partial charge is 0.496 e.